The molecule has 0 spiro atoms. The van der Waals surface area contributed by atoms with Crippen LogP contribution < -0.4 is 20.1 Å². The highest BCUT2D eigenvalue weighted by Gasteiger charge is 2.24. The van der Waals surface area contributed by atoms with Gasteiger partial charge in [-0.1, -0.05) is 94.8 Å². The third-order valence-corrected chi connectivity index (χ3v) is 8.23. The summed E-state index contributed by atoms with van der Waals surface area (Å²) in [6.45, 7) is 0. The van der Waals surface area contributed by atoms with Crippen molar-refractivity contribution in [3.63, 3.8) is 0 Å². The molecule has 0 heterocycles. The van der Waals surface area contributed by atoms with E-state index in [2.05, 4.69) is 26.6 Å². The monoisotopic (exact) mass is 726 g/mol. The lowest BCUT2D eigenvalue weighted by atomic mass is 9.99. The van der Waals surface area contributed by atoms with Gasteiger partial charge in [-0.05, 0) is 83.9 Å². The van der Waals surface area contributed by atoms with E-state index in [1.807, 2.05) is 109 Å². The zero-order valence-corrected chi connectivity index (χ0v) is 28.2. The van der Waals surface area contributed by atoms with E-state index in [9.17, 15) is 19.5 Å². The molecule has 6 aromatic carbocycles. The second kappa shape index (κ2) is 15.8. The molecule has 1 atom stereocenters. The SMILES string of the molecule is O=C(Nc1ccc(Br)cc1C(=O)NC(Cc1ccc(-c2ccccc2Oc2ccccc2)cc1)C(=O)O)c1ccc(Oc2ccccc2)cc1. The van der Waals surface area contributed by atoms with Gasteiger partial charge in [0.05, 0.1) is 11.3 Å². The highest BCUT2D eigenvalue weighted by Crippen LogP contribution is 2.33. The first-order valence-electron chi connectivity index (χ1n) is 15.7. The number of nitrogens with one attached hydrogen (secondary N) is 2. The molecule has 248 valence electrons. The predicted molar refractivity (Wildman–Crippen MR) is 196 cm³/mol. The van der Waals surface area contributed by atoms with Crippen LogP contribution in [-0.2, 0) is 11.2 Å². The molecule has 8 nitrogen and oxygen atoms in total. The lowest BCUT2D eigenvalue weighted by molar-refractivity contribution is -0.139. The topological polar surface area (TPSA) is 114 Å². The molecule has 2 amide bonds. The van der Waals surface area contributed by atoms with Gasteiger partial charge in [0.25, 0.3) is 11.8 Å². The molecule has 6 rings (SSSR count). The van der Waals surface area contributed by atoms with E-state index in [4.69, 9.17) is 9.47 Å². The van der Waals surface area contributed by atoms with Crippen LogP contribution in [0.15, 0.2) is 156 Å². The Bertz CT molecular complexity index is 2100. The second-order valence-electron chi connectivity index (χ2n) is 11.3. The molecule has 0 saturated heterocycles. The minimum atomic E-state index is -1.23. The highest BCUT2D eigenvalue weighted by atomic mass is 79.9. The Morgan fingerprint density at radius 1 is 0.640 bits per heavy atom. The zero-order valence-electron chi connectivity index (χ0n) is 26.6. The first kappa shape index (κ1) is 33.7. The minimum Gasteiger partial charge on any atom is -0.480 e. The third-order valence-electron chi connectivity index (χ3n) is 7.74. The molecule has 1 unspecified atom stereocenters. The van der Waals surface area contributed by atoms with Gasteiger partial charge in [0.15, 0.2) is 0 Å². The summed E-state index contributed by atoms with van der Waals surface area (Å²) in [5.74, 6) is 0.348. The van der Waals surface area contributed by atoms with Gasteiger partial charge in [-0.3, -0.25) is 9.59 Å². The van der Waals surface area contributed by atoms with Gasteiger partial charge in [-0.25, -0.2) is 4.79 Å². The van der Waals surface area contributed by atoms with Crippen LogP contribution in [0, 0.1) is 0 Å². The smallest absolute Gasteiger partial charge is 0.326 e. The maximum absolute atomic E-state index is 13.5. The second-order valence-corrected chi connectivity index (χ2v) is 12.2. The number of para-hydroxylation sites is 3. The number of hydrogen-bond acceptors (Lipinski definition) is 5. The fraction of sp³-hybridized carbons (Fsp3) is 0.0488. The number of benzene rings is 6. The fourth-order valence-corrected chi connectivity index (χ4v) is 5.57. The van der Waals surface area contributed by atoms with Gasteiger partial charge in [0, 0.05) is 22.0 Å². The third kappa shape index (κ3) is 8.63. The Morgan fingerprint density at radius 3 is 1.90 bits per heavy atom. The van der Waals surface area contributed by atoms with Crippen LogP contribution in [0.2, 0.25) is 0 Å². The van der Waals surface area contributed by atoms with Crippen LogP contribution >= 0.6 is 15.9 Å². The Kier molecular flexibility index (Phi) is 10.7. The van der Waals surface area contributed by atoms with Crippen LogP contribution in [0.25, 0.3) is 11.1 Å². The van der Waals surface area contributed by atoms with Crippen LogP contribution in [0.4, 0.5) is 5.69 Å². The quantitative estimate of drug-likeness (QED) is 0.116. The van der Waals surface area contributed by atoms with Crippen molar-refractivity contribution < 1.29 is 29.0 Å². The molecule has 9 heteroatoms. The summed E-state index contributed by atoms with van der Waals surface area (Å²) in [6, 6.07) is 44.0. The Morgan fingerprint density at radius 2 is 1.24 bits per heavy atom. The largest absolute Gasteiger partial charge is 0.480 e. The van der Waals surface area contributed by atoms with Crippen molar-refractivity contribution in [3.8, 4) is 34.1 Å². The van der Waals surface area contributed by atoms with Gasteiger partial charge in [-0.15, -0.1) is 0 Å². The van der Waals surface area contributed by atoms with Crippen LogP contribution in [-0.4, -0.2) is 28.9 Å². The number of carboxylic acid groups (broad SMARTS) is 1. The van der Waals surface area contributed by atoms with Crippen LogP contribution in [0.1, 0.15) is 26.3 Å². The summed E-state index contributed by atoms with van der Waals surface area (Å²) < 4.78 is 12.5. The molecule has 0 fully saturated rings. The number of hydrogen-bond donors (Lipinski definition) is 3. The van der Waals surface area contributed by atoms with Crippen molar-refractivity contribution in [1.29, 1.82) is 0 Å². The molecule has 0 aromatic heterocycles. The minimum absolute atomic E-state index is 0.0383. The predicted octanol–water partition coefficient (Wildman–Crippen LogP) is 9.38. The standard InChI is InChI=1S/C41H31BrN2O6/c42-30-21-24-36(43-39(45)29-19-22-33(23-20-29)49-31-9-3-1-4-10-31)35(26-30)40(46)44-37(41(47)48)25-27-15-17-28(18-16-27)34-13-7-8-14-38(34)50-32-11-5-2-6-12-32/h1-24,26,37H,25H2,(H,43,45)(H,44,46)(H,47,48). The van der Waals surface area contributed by atoms with E-state index in [0.717, 1.165) is 11.1 Å². The lowest BCUT2D eigenvalue weighted by Gasteiger charge is -2.17. The highest BCUT2D eigenvalue weighted by molar-refractivity contribution is 9.10. The molecule has 0 aliphatic heterocycles. The molecular weight excluding hydrogens is 696 g/mol. The lowest BCUT2D eigenvalue weighted by Crippen LogP contribution is -2.42. The van der Waals surface area contributed by atoms with Crippen LogP contribution in [0.5, 0.6) is 23.0 Å². The molecule has 6 aromatic rings. The normalized spacial score (nSPS) is 11.2. The van der Waals surface area contributed by atoms with E-state index in [0.29, 0.717) is 38.6 Å². The number of aliphatic carboxylic acids is 1. The summed E-state index contributed by atoms with van der Waals surface area (Å²) in [5.41, 5.74) is 3.17. The molecule has 0 radical (unpaired) electrons. The molecule has 50 heavy (non-hydrogen) atoms. The van der Waals surface area contributed by atoms with E-state index in [1.165, 1.54) is 6.07 Å². The number of rotatable bonds is 12. The van der Waals surface area contributed by atoms with E-state index in [1.54, 1.807) is 36.4 Å². The summed E-state index contributed by atoms with van der Waals surface area (Å²) in [6.07, 6.45) is 0.0383. The zero-order chi connectivity index (χ0) is 34.9. The fourth-order valence-electron chi connectivity index (χ4n) is 5.21. The number of anilines is 1. The number of ether oxygens (including phenoxy) is 2. The maximum Gasteiger partial charge on any atom is 0.326 e. The van der Waals surface area contributed by atoms with E-state index < -0.39 is 23.8 Å². The van der Waals surface area contributed by atoms with Crippen molar-refractivity contribution >= 4 is 39.4 Å². The summed E-state index contributed by atoms with van der Waals surface area (Å²) >= 11 is 3.38. The van der Waals surface area contributed by atoms with Gasteiger partial charge < -0.3 is 25.2 Å². The van der Waals surface area contributed by atoms with Crippen molar-refractivity contribution in [2.45, 2.75) is 12.5 Å². The number of halogens is 1. The van der Waals surface area contributed by atoms with Crippen molar-refractivity contribution in [3.05, 3.63) is 173 Å². The van der Waals surface area contributed by atoms with E-state index in [-0.39, 0.29) is 17.7 Å². The van der Waals surface area contributed by atoms with Crippen molar-refractivity contribution in [1.82, 2.24) is 5.32 Å². The van der Waals surface area contributed by atoms with Crippen LogP contribution in [0.3, 0.4) is 0 Å². The maximum atomic E-state index is 13.5. The molecular formula is C41H31BrN2O6. The van der Waals surface area contributed by atoms with Gasteiger partial charge in [-0.2, -0.15) is 0 Å². The molecule has 0 aliphatic rings. The van der Waals surface area contributed by atoms with Gasteiger partial charge in [0.2, 0.25) is 0 Å². The van der Waals surface area contributed by atoms with Crippen molar-refractivity contribution in [2.24, 2.45) is 0 Å². The molecule has 3 N–H and O–H groups in total. The summed E-state index contributed by atoms with van der Waals surface area (Å²) in [5, 5.41) is 15.5. The van der Waals surface area contributed by atoms with Crippen molar-refractivity contribution in [2.75, 3.05) is 5.32 Å². The number of carboxylic acids is 1. The summed E-state index contributed by atoms with van der Waals surface area (Å²) in [7, 11) is 0. The first-order chi connectivity index (χ1) is 24.3. The summed E-state index contributed by atoms with van der Waals surface area (Å²) in [4.78, 5) is 39.0. The first-order valence-corrected chi connectivity index (χ1v) is 16.5. The number of amides is 2. The number of carbonyl (C=O) groups is 3. The molecule has 0 aliphatic carbocycles. The average Bonchev–Trinajstić information content (AvgIpc) is 3.14. The average molecular weight is 728 g/mol. The Hall–Kier alpha value is -6.19. The molecule has 0 saturated carbocycles. The Balaban J connectivity index is 1.13. The van der Waals surface area contributed by atoms with E-state index >= 15 is 0 Å². The number of carbonyl (C=O) groups excluding carboxylic acids is 2. The van der Waals surface area contributed by atoms with Gasteiger partial charge in [0.1, 0.15) is 29.0 Å². The van der Waals surface area contributed by atoms with Gasteiger partial charge >= 0.3 is 5.97 Å². The Labute approximate surface area is 297 Å². The molecule has 0 bridgehead atoms.